The summed E-state index contributed by atoms with van der Waals surface area (Å²) in [5.41, 5.74) is 1.68. The average molecular weight is 348 g/mol. The molecule has 0 fully saturated rings. The van der Waals surface area contributed by atoms with E-state index in [9.17, 15) is 13.2 Å². The molecule has 0 saturated carbocycles. The zero-order chi connectivity index (χ0) is 16.4. The van der Waals surface area contributed by atoms with Gasteiger partial charge in [-0.2, -0.15) is 8.75 Å². The Kier molecular flexibility index (Phi) is 3.97. The molecule has 2 aromatic carbocycles. The number of nitrogens with one attached hydrogen (secondary N) is 2. The van der Waals surface area contributed by atoms with Crippen LogP contribution >= 0.6 is 11.7 Å². The normalized spacial score (nSPS) is 11.3. The minimum Gasteiger partial charge on any atom is -0.355 e. The van der Waals surface area contributed by atoms with E-state index in [2.05, 4.69) is 18.8 Å². The Morgan fingerprint density at radius 2 is 1.83 bits per heavy atom. The van der Waals surface area contributed by atoms with E-state index in [1.807, 2.05) is 0 Å². The van der Waals surface area contributed by atoms with Crippen molar-refractivity contribution in [3.8, 4) is 0 Å². The summed E-state index contributed by atoms with van der Waals surface area (Å²) in [4.78, 5) is 11.6. The van der Waals surface area contributed by atoms with Crippen molar-refractivity contribution in [1.82, 2.24) is 14.1 Å². The Labute approximate surface area is 136 Å². The molecule has 0 aliphatic heterocycles. The zero-order valence-electron chi connectivity index (χ0n) is 12.0. The first kappa shape index (κ1) is 15.4. The number of rotatable bonds is 4. The van der Waals surface area contributed by atoms with Gasteiger partial charge < -0.3 is 5.32 Å². The highest BCUT2D eigenvalue weighted by atomic mass is 32.2. The van der Waals surface area contributed by atoms with Crippen molar-refractivity contribution in [3.63, 3.8) is 0 Å². The van der Waals surface area contributed by atoms with Gasteiger partial charge in [-0.05, 0) is 36.4 Å². The molecule has 1 amide bonds. The predicted octanol–water partition coefficient (Wildman–Crippen LogP) is 1.85. The monoisotopic (exact) mass is 348 g/mol. The van der Waals surface area contributed by atoms with Crippen LogP contribution in [0.4, 0.5) is 5.69 Å². The van der Waals surface area contributed by atoms with E-state index in [0.717, 1.165) is 11.7 Å². The highest BCUT2D eigenvalue weighted by molar-refractivity contribution is 7.93. The molecule has 7 nitrogen and oxygen atoms in total. The van der Waals surface area contributed by atoms with Gasteiger partial charge in [0.1, 0.15) is 15.9 Å². The number of benzene rings is 2. The topological polar surface area (TPSA) is 101 Å². The summed E-state index contributed by atoms with van der Waals surface area (Å²) in [5, 5.41) is 2.50. The maximum absolute atomic E-state index is 12.5. The summed E-state index contributed by atoms with van der Waals surface area (Å²) in [5.74, 6) is -0.238. The molecule has 0 aliphatic carbocycles. The Bertz CT molecular complexity index is 965. The van der Waals surface area contributed by atoms with Crippen LogP contribution in [-0.4, -0.2) is 30.1 Å². The first-order chi connectivity index (χ1) is 11.0. The van der Waals surface area contributed by atoms with Crippen LogP contribution in [0.15, 0.2) is 47.4 Å². The minimum absolute atomic E-state index is 0.0686. The van der Waals surface area contributed by atoms with Crippen LogP contribution in [-0.2, 0) is 10.0 Å². The van der Waals surface area contributed by atoms with Crippen LogP contribution in [0.5, 0.6) is 0 Å². The largest absolute Gasteiger partial charge is 0.355 e. The van der Waals surface area contributed by atoms with E-state index < -0.39 is 10.0 Å². The second-order valence-corrected chi connectivity index (χ2v) is 6.83. The van der Waals surface area contributed by atoms with Crippen molar-refractivity contribution in [2.24, 2.45) is 0 Å². The molecule has 9 heteroatoms. The molecule has 0 spiro atoms. The van der Waals surface area contributed by atoms with Gasteiger partial charge in [-0.1, -0.05) is 6.07 Å². The van der Waals surface area contributed by atoms with Crippen LogP contribution in [0, 0.1) is 0 Å². The maximum Gasteiger partial charge on any atom is 0.264 e. The molecule has 118 valence electrons. The van der Waals surface area contributed by atoms with Gasteiger partial charge in [-0.15, -0.1) is 0 Å². The summed E-state index contributed by atoms with van der Waals surface area (Å²) >= 11 is 0.960. The SMILES string of the molecule is CNC(=O)c1ccc(NS(=O)(=O)c2cccc3nsnc23)cc1. The molecule has 0 aliphatic rings. The third kappa shape index (κ3) is 3.01. The molecular weight excluding hydrogens is 336 g/mol. The van der Waals surface area contributed by atoms with E-state index in [1.54, 1.807) is 24.3 Å². The first-order valence-electron chi connectivity index (χ1n) is 6.57. The van der Waals surface area contributed by atoms with Gasteiger partial charge in [0.25, 0.3) is 15.9 Å². The highest BCUT2D eigenvalue weighted by Crippen LogP contribution is 2.23. The predicted molar refractivity (Wildman–Crippen MR) is 88.1 cm³/mol. The first-order valence-corrected chi connectivity index (χ1v) is 8.79. The summed E-state index contributed by atoms with van der Waals surface area (Å²) in [7, 11) is -2.27. The van der Waals surface area contributed by atoms with E-state index in [-0.39, 0.29) is 10.8 Å². The lowest BCUT2D eigenvalue weighted by atomic mass is 10.2. The molecule has 0 saturated heterocycles. The molecule has 0 bridgehead atoms. The number of sulfonamides is 1. The molecule has 23 heavy (non-hydrogen) atoms. The smallest absolute Gasteiger partial charge is 0.264 e. The van der Waals surface area contributed by atoms with Crippen molar-refractivity contribution < 1.29 is 13.2 Å². The molecule has 0 unspecified atom stereocenters. The molecule has 2 N–H and O–H groups in total. The number of anilines is 1. The number of hydrogen-bond donors (Lipinski definition) is 2. The lowest BCUT2D eigenvalue weighted by Gasteiger charge is -2.09. The van der Waals surface area contributed by atoms with Gasteiger partial charge in [-0.3, -0.25) is 9.52 Å². The number of fused-ring (bicyclic) bond motifs is 1. The van der Waals surface area contributed by atoms with E-state index in [4.69, 9.17) is 0 Å². The van der Waals surface area contributed by atoms with E-state index in [1.165, 1.54) is 25.2 Å². The molecule has 0 atom stereocenters. The second-order valence-electron chi connectivity index (χ2n) is 4.65. The van der Waals surface area contributed by atoms with Gasteiger partial charge in [0.2, 0.25) is 0 Å². The summed E-state index contributed by atoms with van der Waals surface area (Å²) in [6, 6.07) is 10.9. The highest BCUT2D eigenvalue weighted by Gasteiger charge is 2.19. The molecule has 1 heterocycles. The molecule has 3 rings (SSSR count). The number of carbonyl (C=O) groups is 1. The van der Waals surface area contributed by atoms with Crippen molar-refractivity contribution in [2.75, 3.05) is 11.8 Å². The molecule has 0 radical (unpaired) electrons. The van der Waals surface area contributed by atoms with Crippen molar-refractivity contribution in [2.45, 2.75) is 4.90 Å². The van der Waals surface area contributed by atoms with Crippen LogP contribution in [0.1, 0.15) is 10.4 Å². The minimum atomic E-state index is -3.79. The molecule has 3 aromatic rings. The summed E-state index contributed by atoms with van der Waals surface area (Å²) < 4.78 is 35.6. The zero-order valence-corrected chi connectivity index (χ0v) is 13.6. The van der Waals surface area contributed by atoms with Crippen LogP contribution in [0.3, 0.4) is 0 Å². The van der Waals surface area contributed by atoms with Crippen LogP contribution in [0.25, 0.3) is 11.0 Å². The number of carbonyl (C=O) groups excluding carboxylic acids is 1. The lowest BCUT2D eigenvalue weighted by Crippen LogP contribution is -2.18. The quantitative estimate of drug-likeness (QED) is 0.749. The van der Waals surface area contributed by atoms with E-state index >= 15 is 0 Å². The van der Waals surface area contributed by atoms with Crippen LogP contribution < -0.4 is 10.0 Å². The summed E-state index contributed by atoms with van der Waals surface area (Å²) in [6.07, 6.45) is 0. The van der Waals surface area contributed by atoms with Gasteiger partial charge >= 0.3 is 0 Å². The van der Waals surface area contributed by atoms with Crippen molar-refractivity contribution in [3.05, 3.63) is 48.0 Å². The third-order valence-corrected chi connectivity index (χ3v) is 5.12. The summed E-state index contributed by atoms with van der Waals surface area (Å²) in [6.45, 7) is 0. The van der Waals surface area contributed by atoms with Crippen LogP contribution in [0.2, 0.25) is 0 Å². The Morgan fingerprint density at radius 1 is 1.09 bits per heavy atom. The van der Waals surface area contributed by atoms with Gasteiger partial charge in [-0.25, -0.2) is 8.42 Å². The lowest BCUT2D eigenvalue weighted by molar-refractivity contribution is 0.0963. The van der Waals surface area contributed by atoms with Crippen molar-refractivity contribution >= 4 is 44.4 Å². The fourth-order valence-electron chi connectivity index (χ4n) is 2.04. The standard InChI is InChI=1S/C14H12N4O3S2/c1-15-14(19)9-5-7-10(8-6-9)18-23(20,21)12-4-2-3-11-13(12)17-22-16-11/h2-8,18H,1H3,(H,15,19). The number of amides is 1. The van der Waals surface area contributed by atoms with Crippen molar-refractivity contribution in [1.29, 1.82) is 0 Å². The third-order valence-electron chi connectivity index (χ3n) is 3.16. The Morgan fingerprint density at radius 3 is 2.52 bits per heavy atom. The van der Waals surface area contributed by atoms with Gasteiger partial charge in [0.15, 0.2) is 0 Å². The number of hydrogen-bond acceptors (Lipinski definition) is 6. The fourth-order valence-corrected chi connectivity index (χ4v) is 3.87. The Hall–Kier alpha value is -2.52. The number of nitrogens with zero attached hydrogens (tertiary/aromatic N) is 2. The average Bonchev–Trinajstić information content (AvgIpc) is 3.02. The molecule has 1 aromatic heterocycles. The van der Waals surface area contributed by atoms with Gasteiger partial charge in [0.05, 0.1) is 11.7 Å². The van der Waals surface area contributed by atoms with Gasteiger partial charge in [0, 0.05) is 18.3 Å². The fraction of sp³-hybridized carbons (Fsp3) is 0.0714. The molecular formula is C14H12N4O3S2. The second kappa shape index (κ2) is 5.94. The number of aromatic nitrogens is 2. The maximum atomic E-state index is 12.5. The van der Waals surface area contributed by atoms with E-state index in [0.29, 0.717) is 22.3 Å². The Balaban J connectivity index is 1.92.